The lowest BCUT2D eigenvalue weighted by Crippen LogP contribution is -2.56. The highest BCUT2D eigenvalue weighted by Gasteiger charge is 2.33. The van der Waals surface area contributed by atoms with E-state index in [4.69, 9.17) is 0 Å². The summed E-state index contributed by atoms with van der Waals surface area (Å²) in [4.78, 5) is 7.51. The van der Waals surface area contributed by atoms with Crippen molar-refractivity contribution in [3.05, 3.63) is 35.9 Å². The fraction of sp³-hybridized carbons (Fsp3) is 0.700. The van der Waals surface area contributed by atoms with Crippen molar-refractivity contribution in [3.63, 3.8) is 0 Å². The molecular formula is C20H35N3O. The van der Waals surface area contributed by atoms with Crippen molar-refractivity contribution in [3.8, 4) is 0 Å². The smallest absolute Gasteiger partial charge is 0.0486 e. The molecule has 0 saturated carbocycles. The van der Waals surface area contributed by atoms with Crippen LogP contribution in [0.1, 0.15) is 25.8 Å². The molecule has 1 aromatic carbocycles. The maximum Gasteiger partial charge on any atom is 0.0486 e. The molecule has 2 atom stereocenters. The standard InChI is InChI=1S/C18H29N3O.C2H6/c1-19-9-11-21(12-10-19)18-7-8-20(14-17(18)15-22)13-16-5-3-2-4-6-16;1-2/h2-6,17-18,22H,7-15H2,1H3;1-2H3. The molecule has 0 bridgehead atoms. The first-order valence-corrected chi connectivity index (χ1v) is 9.56. The van der Waals surface area contributed by atoms with Crippen LogP contribution in [0.5, 0.6) is 0 Å². The third kappa shape index (κ3) is 5.28. The van der Waals surface area contributed by atoms with Crippen molar-refractivity contribution in [2.75, 3.05) is 52.9 Å². The molecule has 2 fully saturated rings. The van der Waals surface area contributed by atoms with Gasteiger partial charge in [0.1, 0.15) is 0 Å². The van der Waals surface area contributed by atoms with Gasteiger partial charge in [0, 0.05) is 57.8 Å². The number of benzene rings is 1. The van der Waals surface area contributed by atoms with Crippen LogP contribution in [-0.4, -0.2) is 78.8 Å². The third-order valence-electron chi connectivity index (χ3n) is 5.27. The Morgan fingerprint density at radius 2 is 1.67 bits per heavy atom. The summed E-state index contributed by atoms with van der Waals surface area (Å²) in [6.45, 7) is 12.1. The van der Waals surface area contributed by atoms with Crippen LogP contribution in [0.2, 0.25) is 0 Å². The second-order valence-corrected chi connectivity index (χ2v) is 6.86. The lowest BCUT2D eigenvalue weighted by atomic mass is 9.90. The van der Waals surface area contributed by atoms with Gasteiger partial charge in [-0.05, 0) is 25.6 Å². The zero-order valence-electron chi connectivity index (χ0n) is 15.7. The first-order chi connectivity index (χ1) is 11.8. The van der Waals surface area contributed by atoms with E-state index in [0.29, 0.717) is 18.6 Å². The number of piperazine rings is 1. The molecular weight excluding hydrogens is 298 g/mol. The van der Waals surface area contributed by atoms with E-state index in [-0.39, 0.29) is 0 Å². The van der Waals surface area contributed by atoms with Gasteiger partial charge in [0.15, 0.2) is 0 Å². The summed E-state index contributed by atoms with van der Waals surface area (Å²) in [6, 6.07) is 11.2. The largest absolute Gasteiger partial charge is 0.396 e. The van der Waals surface area contributed by atoms with Crippen molar-refractivity contribution in [1.29, 1.82) is 0 Å². The lowest BCUT2D eigenvalue weighted by Gasteiger charge is -2.46. The van der Waals surface area contributed by atoms with E-state index in [1.54, 1.807) is 0 Å². The van der Waals surface area contributed by atoms with Gasteiger partial charge in [0.25, 0.3) is 0 Å². The van der Waals surface area contributed by atoms with Crippen LogP contribution in [0.25, 0.3) is 0 Å². The monoisotopic (exact) mass is 333 g/mol. The van der Waals surface area contributed by atoms with Crippen LogP contribution in [-0.2, 0) is 6.54 Å². The van der Waals surface area contributed by atoms with Crippen LogP contribution in [0.15, 0.2) is 30.3 Å². The molecule has 0 aromatic heterocycles. The highest BCUT2D eigenvalue weighted by atomic mass is 16.3. The Bertz CT molecular complexity index is 445. The summed E-state index contributed by atoms with van der Waals surface area (Å²) in [5, 5.41) is 9.86. The number of likely N-dealkylation sites (N-methyl/N-ethyl adjacent to an activating group) is 1. The minimum Gasteiger partial charge on any atom is -0.396 e. The van der Waals surface area contributed by atoms with Crippen LogP contribution in [0.4, 0.5) is 0 Å². The van der Waals surface area contributed by atoms with E-state index in [9.17, 15) is 5.11 Å². The number of hydrogen-bond acceptors (Lipinski definition) is 4. The Hall–Kier alpha value is -0.940. The second-order valence-electron chi connectivity index (χ2n) is 6.86. The van der Waals surface area contributed by atoms with Gasteiger partial charge in [0.2, 0.25) is 0 Å². The van der Waals surface area contributed by atoms with Gasteiger partial charge in [-0.1, -0.05) is 44.2 Å². The molecule has 2 unspecified atom stereocenters. The second kappa shape index (κ2) is 10.1. The number of aliphatic hydroxyl groups is 1. The topological polar surface area (TPSA) is 30.0 Å². The molecule has 0 aliphatic carbocycles. The Balaban J connectivity index is 0.00000100. The fourth-order valence-corrected chi connectivity index (χ4v) is 3.89. The van der Waals surface area contributed by atoms with Gasteiger partial charge < -0.3 is 10.0 Å². The molecule has 3 rings (SSSR count). The average Bonchev–Trinajstić information content (AvgIpc) is 2.65. The van der Waals surface area contributed by atoms with E-state index in [1.165, 1.54) is 12.0 Å². The summed E-state index contributed by atoms with van der Waals surface area (Å²) < 4.78 is 0. The molecule has 4 nitrogen and oxygen atoms in total. The fourth-order valence-electron chi connectivity index (χ4n) is 3.89. The van der Waals surface area contributed by atoms with E-state index >= 15 is 0 Å². The molecule has 2 heterocycles. The van der Waals surface area contributed by atoms with Crippen LogP contribution >= 0.6 is 0 Å². The molecule has 0 amide bonds. The summed E-state index contributed by atoms with van der Waals surface area (Å²) in [7, 11) is 2.20. The maximum absolute atomic E-state index is 9.86. The first kappa shape index (κ1) is 19.4. The van der Waals surface area contributed by atoms with Gasteiger partial charge in [-0.25, -0.2) is 0 Å². The molecule has 1 N–H and O–H groups in total. The molecule has 2 saturated heterocycles. The molecule has 0 radical (unpaired) electrons. The van der Waals surface area contributed by atoms with Crippen LogP contribution in [0, 0.1) is 5.92 Å². The van der Waals surface area contributed by atoms with Crippen molar-refractivity contribution < 1.29 is 5.11 Å². The quantitative estimate of drug-likeness (QED) is 0.914. The zero-order valence-corrected chi connectivity index (χ0v) is 15.7. The number of nitrogens with zero attached hydrogens (tertiary/aromatic N) is 3. The van der Waals surface area contributed by atoms with E-state index in [2.05, 4.69) is 52.1 Å². The van der Waals surface area contributed by atoms with Crippen LogP contribution < -0.4 is 0 Å². The highest BCUT2D eigenvalue weighted by molar-refractivity contribution is 5.14. The average molecular weight is 334 g/mol. The number of piperidine rings is 1. The van der Waals surface area contributed by atoms with Crippen molar-refractivity contribution >= 4 is 0 Å². The van der Waals surface area contributed by atoms with Crippen molar-refractivity contribution in [2.24, 2.45) is 5.92 Å². The van der Waals surface area contributed by atoms with Gasteiger partial charge >= 0.3 is 0 Å². The maximum atomic E-state index is 9.86. The summed E-state index contributed by atoms with van der Waals surface area (Å²) >= 11 is 0. The van der Waals surface area contributed by atoms with E-state index in [0.717, 1.165) is 45.8 Å². The SMILES string of the molecule is CC.CN1CCN(C2CCN(Cc3ccccc3)CC2CO)CC1. The molecule has 0 spiro atoms. The van der Waals surface area contributed by atoms with Crippen LogP contribution in [0.3, 0.4) is 0 Å². The lowest BCUT2D eigenvalue weighted by molar-refractivity contribution is 0.00500. The number of likely N-dealkylation sites (tertiary alicyclic amines) is 1. The predicted octanol–water partition coefficient (Wildman–Crippen LogP) is 2.14. The Morgan fingerprint density at radius 3 is 2.29 bits per heavy atom. The normalized spacial score (nSPS) is 26.7. The van der Waals surface area contributed by atoms with Crippen molar-refractivity contribution in [2.45, 2.75) is 32.9 Å². The summed E-state index contributed by atoms with van der Waals surface area (Å²) in [5.41, 5.74) is 1.37. The zero-order chi connectivity index (χ0) is 17.4. The van der Waals surface area contributed by atoms with Crippen molar-refractivity contribution in [1.82, 2.24) is 14.7 Å². The molecule has 24 heavy (non-hydrogen) atoms. The van der Waals surface area contributed by atoms with E-state index < -0.39 is 0 Å². The van der Waals surface area contributed by atoms with Gasteiger partial charge in [-0.2, -0.15) is 0 Å². The molecule has 1 aromatic rings. The highest BCUT2D eigenvalue weighted by Crippen LogP contribution is 2.24. The van der Waals surface area contributed by atoms with Gasteiger partial charge in [-0.3, -0.25) is 9.80 Å². The first-order valence-electron chi connectivity index (χ1n) is 9.56. The predicted molar refractivity (Wildman–Crippen MR) is 101 cm³/mol. The third-order valence-corrected chi connectivity index (χ3v) is 5.27. The summed E-state index contributed by atoms with van der Waals surface area (Å²) in [5.74, 6) is 0.390. The van der Waals surface area contributed by atoms with Gasteiger partial charge in [0.05, 0.1) is 0 Å². The molecule has 2 aliphatic rings. The Labute approximate surface area is 148 Å². The molecule has 2 aliphatic heterocycles. The molecule has 4 heteroatoms. The van der Waals surface area contributed by atoms with Gasteiger partial charge in [-0.15, -0.1) is 0 Å². The minimum absolute atomic E-state index is 0.308. The minimum atomic E-state index is 0.308. The number of rotatable bonds is 4. The molecule has 136 valence electrons. The number of hydrogen-bond donors (Lipinski definition) is 1. The Morgan fingerprint density at radius 1 is 1.00 bits per heavy atom. The number of aliphatic hydroxyl groups excluding tert-OH is 1. The summed E-state index contributed by atoms with van der Waals surface area (Å²) in [6.07, 6.45) is 1.18. The van der Waals surface area contributed by atoms with E-state index in [1.807, 2.05) is 13.8 Å². The Kier molecular flexibility index (Phi) is 8.19.